The Hall–Kier alpha value is 0.140. The molecule has 0 radical (unpaired) electrons. The fraction of sp³-hybridized carbons (Fsp3) is 0.417. The first kappa shape index (κ1) is 14.2. The van der Waals surface area contributed by atoms with Gasteiger partial charge in [-0.15, -0.1) is 0 Å². The average molecular weight is 368 g/mol. The van der Waals surface area contributed by atoms with Crippen molar-refractivity contribution in [3.63, 3.8) is 0 Å². The lowest BCUT2D eigenvalue weighted by Gasteiger charge is -2.10. The lowest BCUT2D eigenvalue weighted by atomic mass is 10.1. The lowest BCUT2D eigenvalue weighted by Crippen LogP contribution is -2.16. The number of alkyl halides is 1. The van der Waals surface area contributed by atoms with Crippen LogP contribution in [0.2, 0.25) is 5.02 Å². The fourth-order valence-corrected chi connectivity index (χ4v) is 2.61. The van der Waals surface area contributed by atoms with Crippen molar-refractivity contribution in [3.8, 4) is 0 Å². The Morgan fingerprint density at radius 2 is 2.19 bits per heavy atom. The molecule has 1 unspecified atom stereocenters. The van der Waals surface area contributed by atoms with E-state index in [1.54, 1.807) is 0 Å². The van der Waals surface area contributed by atoms with Gasteiger partial charge in [-0.25, -0.2) is 0 Å². The molecule has 0 N–H and O–H groups in total. The first-order valence-electron chi connectivity index (χ1n) is 5.16. The molecule has 0 heterocycles. The van der Waals surface area contributed by atoms with Gasteiger partial charge in [-0.3, -0.25) is 4.79 Å². The summed E-state index contributed by atoms with van der Waals surface area (Å²) in [6.07, 6.45) is 2.17. The third-order valence-corrected chi connectivity index (χ3v) is 4.59. The summed E-state index contributed by atoms with van der Waals surface area (Å²) in [6, 6.07) is 5.70. The first-order chi connectivity index (χ1) is 7.56. The molecule has 0 spiro atoms. The number of benzene rings is 1. The average Bonchev–Trinajstić information content (AvgIpc) is 2.25. The van der Waals surface area contributed by atoms with Crippen LogP contribution in [0, 0.1) is 0 Å². The minimum Gasteiger partial charge on any atom is -0.298 e. The number of ketones is 1. The highest BCUT2D eigenvalue weighted by Crippen LogP contribution is 2.28. The normalized spacial score (nSPS) is 12.5. The minimum atomic E-state index is -0.123. The van der Waals surface area contributed by atoms with Gasteiger partial charge in [-0.1, -0.05) is 46.6 Å². The standard InChI is InChI=1S/C12H13Br2ClO/c1-2-4-11(16)9(13)7-8-5-3-6-10(15)12(8)14/h3,5-6,9H,2,4,7H2,1H3. The Kier molecular flexibility index (Phi) is 6.01. The van der Waals surface area contributed by atoms with Gasteiger partial charge in [0.1, 0.15) is 5.78 Å². The van der Waals surface area contributed by atoms with E-state index in [0.29, 0.717) is 17.9 Å². The van der Waals surface area contributed by atoms with Crippen LogP contribution in [0.3, 0.4) is 0 Å². The molecule has 16 heavy (non-hydrogen) atoms. The Labute approximate surface area is 118 Å². The Balaban J connectivity index is 2.73. The van der Waals surface area contributed by atoms with Crippen molar-refractivity contribution in [1.82, 2.24) is 0 Å². The van der Waals surface area contributed by atoms with Crippen LogP contribution in [0.4, 0.5) is 0 Å². The Bertz CT molecular complexity index is 379. The molecule has 0 aliphatic carbocycles. The SMILES string of the molecule is CCCC(=O)C(Br)Cc1cccc(Cl)c1Br. The third kappa shape index (κ3) is 3.86. The van der Waals surface area contributed by atoms with Crippen LogP contribution in [0.1, 0.15) is 25.3 Å². The van der Waals surface area contributed by atoms with Gasteiger partial charge in [-0.2, -0.15) is 0 Å². The molecule has 1 rings (SSSR count). The monoisotopic (exact) mass is 366 g/mol. The minimum absolute atomic E-state index is 0.123. The molecule has 0 saturated heterocycles. The molecule has 1 aromatic rings. The predicted molar refractivity (Wildman–Crippen MR) is 75.5 cm³/mol. The Morgan fingerprint density at radius 3 is 2.81 bits per heavy atom. The molecule has 88 valence electrons. The van der Waals surface area contributed by atoms with Crippen LogP contribution < -0.4 is 0 Å². The van der Waals surface area contributed by atoms with Gasteiger partial charge < -0.3 is 0 Å². The summed E-state index contributed by atoms with van der Waals surface area (Å²) in [6.45, 7) is 2.01. The van der Waals surface area contributed by atoms with Crippen LogP contribution in [0.25, 0.3) is 0 Å². The van der Waals surface area contributed by atoms with Crippen molar-refractivity contribution in [1.29, 1.82) is 0 Å². The van der Waals surface area contributed by atoms with E-state index >= 15 is 0 Å². The number of hydrogen-bond acceptors (Lipinski definition) is 1. The maximum atomic E-state index is 11.6. The van der Waals surface area contributed by atoms with E-state index in [9.17, 15) is 4.79 Å². The summed E-state index contributed by atoms with van der Waals surface area (Å²) in [4.78, 5) is 11.5. The molecule has 4 heteroatoms. The number of halogens is 3. The van der Waals surface area contributed by atoms with Gasteiger partial charge >= 0.3 is 0 Å². The molecule has 0 aliphatic heterocycles. The van der Waals surface area contributed by atoms with Gasteiger partial charge in [-0.05, 0) is 40.4 Å². The van der Waals surface area contributed by atoms with Crippen molar-refractivity contribution in [2.24, 2.45) is 0 Å². The number of Topliss-reactive ketones (excluding diaryl/α,β-unsaturated/α-hetero) is 1. The van der Waals surface area contributed by atoms with E-state index in [0.717, 1.165) is 16.5 Å². The van der Waals surface area contributed by atoms with E-state index in [1.807, 2.05) is 25.1 Å². The second-order valence-corrected chi connectivity index (χ2v) is 5.91. The first-order valence-corrected chi connectivity index (χ1v) is 7.24. The topological polar surface area (TPSA) is 17.1 Å². The zero-order valence-corrected chi connectivity index (χ0v) is 12.9. The molecule has 0 aromatic heterocycles. The van der Waals surface area contributed by atoms with Crippen molar-refractivity contribution >= 4 is 49.2 Å². The summed E-state index contributed by atoms with van der Waals surface area (Å²) in [5.74, 6) is 0.245. The van der Waals surface area contributed by atoms with E-state index in [-0.39, 0.29) is 10.6 Å². The number of carbonyl (C=O) groups is 1. The predicted octanol–water partition coefficient (Wildman–Crippen LogP) is 4.78. The van der Waals surface area contributed by atoms with Crippen molar-refractivity contribution in [2.75, 3.05) is 0 Å². The molecule has 0 amide bonds. The number of hydrogen-bond donors (Lipinski definition) is 0. The zero-order valence-electron chi connectivity index (χ0n) is 8.97. The lowest BCUT2D eigenvalue weighted by molar-refractivity contribution is -0.118. The second-order valence-electron chi connectivity index (χ2n) is 3.60. The van der Waals surface area contributed by atoms with Gasteiger partial charge in [0.15, 0.2) is 0 Å². The van der Waals surface area contributed by atoms with Crippen LogP contribution >= 0.6 is 43.5 Å². The summed E-state index contributed by atoms with van der Waals surface area (Å²) in [5, 5.41) is 0.681. The quantitative estimate of drug-likeness (QED) is 0.684. The van der Waals surface area contributed by atoms with Crippen LogP contribution in [-0.4, -0.2) is 10.6 Å². The summed E-state index contributed by atoms with van der Waals surface area (Å²) in [5.41, 5.74) is 1.05. The smallest absolute Gasteiger partial charge is 0.146 e. The number of carbonyl (C=O) groups excluding carboxylic acids is 1. The molecule has 0 bridgehead atoms. The summed E-state index contributed by atoms with van der Waals surface area (Å²) < 4.78 is 0.880. The van der Waals surface area contributed by atoms with Gasteiger partial charge in [0.05, 0.1) is 9.85 Å². The maximum Gasteiger partial charge on any atom is 0.146 e. The third-order valence-electron chi connectivity index (χ3n) is 2.28. The van der Waals surface area contributed by atoms with Crippen molar-refractivity contribution in [2.45, 2.75) is 31.0 Å². The summed E-state index contributed by atoms with van der Waals surface area (Å²) >= 11 is 12.8. The van der Waals surface area contributed by atoms with Crippen molar-refractivity contribution < 1.29 is 4.79 Å². The molecule has 1 atom stereocenters. The largest absolute Gasteiger partial charge is 0.298 e. The Morgan fingerprint density at radius 1 is 1.50 bits per heavy atom. The maximum absolute atomic E-state index is 11.6. The highest BCUT2D eigenvalue weighted by atomic mass is 79.9. The van der Waals surface area contributed by atoms with Crippen LogP contribution in [-0.2, 0) is 11.2 Å². The van der Waals surface area contributed by atoms with Gasteiger partial charge in [0.2, 0.25) is 0 Å². The molecule has 0 aliphatic rings. The molecule has 0 fully saturated rings. The fourth-order valence-electron chi connectivity index (χ4n) is 1.42. The van der Waals surface area contributed by atoms with E-state index in [1.165, 1.54) is 0 Å². The van der Waals surface area contributed by atoms with Crippen molar-refractivity contribution in [3.05, 3.63) is 33.3 Å². The molecular weight excluding hydrogens is 355 g/mol. The van der Waals surface area contributed by atoms with Crippen LogP contribution in [0.5, 0.6) is 0 Å². The summed E-state index contributed by atoms with van der Waals surface area (Å²) in [7, 11) is 0. The molecule has 1 nitrogen and oxygen atoms in total. The van der Waals surface area contributed by atoms with E-state index in [4.69, 9.17) is 11.6 Å². The van der Waals surface area contributed by atoms with Gasteiger partial charge in [0.25, 0.3) is 0 Å². The zero-order chi connectivity index (χ0) is 12.1. The van der Waals surface area contributed by atoms with E-state index < -0.39 is 0 Å². The van der Waals surface area contributed by atoms with Crippen LogP contribution in [0.15, 0.2) is 22.7 Å². The molecule has 1 aromatic carbocycles. The number of rotatable bonds is 5. The van der Waals surface area contributed by atoms with Gasteiger partial charge in [0, 0.05) is 10.9 Å². The molecule has 0 saturated carbocycles. The highest BCUT2D eigenvalue weighted by Gasteiger charge is 2.16. The second kappa shape index (κ2) is 6.77. The highest BCUT2D eigenvalue weighted by molar-refractivity contribution is 9.10. The molecular formula is C12H13Br2ClO. The van der Waals surface area contributed by atoms with E-state index in [2.05, 4.69) is 31.9 Å².